The van der Waals surface area contributed by atoms with Crippen LogP contribution in [0, 0.1) is 5.41 Å². The lowest BCUT2D eigenvalue weighted by Crippen LogP contribution is -2.45. The molecule has 6 heteroatoms. The molecule has 20 heavy (non-hydrogen) atoms. The van der Waals surface area contributed by atoms with Crippen molar-refractivity contribution in [3.63, 3.8) is 0 Å². The van der Waals surface area contributed by atoms with Crippen molar-refractivity contribution in [1.29, 1.82) is 0 Å². The number of carbonyl (C=O) groups is 2. The van der Waals surface area contributed by atoms with E-state index < -0.39 is 0 Å². The summed E-state index contributed by atoms with van der Waals surface area (Å²) in [5.74, 6) is -0.278. The molecule has 0 atom stereocenters. The lowest BCUT2D eigenvalue weighted by Gasteiger charge is -2.34. The first-order valence-corrected chi connectivity index (χ1v) is 6.77. The molecule has 0 saturated carbocycles. The quantitative estimate of drug-likeness (QED) is 0.673. The maximum Gasteiger partial charge on any atom is 0.230 e. The number of hydrogen-bond acceptors (Lipinski definition) is 4. The molecule has 1 aliphatic rings. The van der Waals surface area contributed by atoms with Gasteiger partial charge in [-0.1, -0.05) is 26.1 Å². The van der Waals surface area contributed by atoms with E-state index in [9.17, 15) is 9.59 Å². The average molecular weight is 291 g/mol. The summed E-state index contributed by atoms with van der Waals surface area (Å²) in [7, 11) is 0. The van der Waals surface area contributed by atoms with Gasteiger partial charge in [-0.05, 0) is 23.1 Å². The number of hydrogen-bond donors (Lipinski definition) is 1. The van der Waals surface area contributed by atoms with Crippen molar-refractivity contribution in [2.75, 3.05) is 0 Å². The van der Waals surface area contributed by atoms with Crippen LogP contribution in [0.25, 0.3) is 0 Å². The molecule has 2 N–H and O–H groups in total. The van der Waals surface area contributed by atoms with Crippen molar-refractivity contribution in [3.05, 3.63) is 29.6 Å². The highest BCUT2D eigenvalue weighted by atomic mass is 32.1. The molecule has 1 aliphatic heterocycles. The smallest absolute Gasteiger partial charge is 0.230 e. The van der Waals surface area contributed by atoms with Crippen molar-refractivity contribution in [1.82, 2.24) is 9.88 Å². The predicted octanol–water partition coefficient (Wildman–Crippen LogP) is 1.39. The van der Waals surface area contributed by atoms with Crippen LogP contribution < -0.4 is 5.73 Å². The van der Waals surface area contributed by atoms with E-state index >= 15 is 0 Å². The van der Waals surface area contributed by atoms with Crippen LogP contribution in [0.1, 0.15) is 37.9 Å². The molecule has 0 spiro atoms. The molecule has 0 aliphatic carbocycles. The largest absolute Gasteiger partial charge is 0.388 e. The van der Waals surface area contributed by atoms with Crippen LogP contribution in [0.4, 0.5) is 0 Å². The van der Waals surface area contributed by atoms with Gasteiger partial charge in [-0.15, -0.1) is 0 Å². The lowest BCUT2D eigenvalue weighted by molar-refractivity contribution is -0.153. The molecule has 1 aromatic heterocycles. The van der Waals surface area contributed by atoms with Crippen LogP contribution in [0.5, 0.6) is 0 Å². The summed E-state index contributed by atoms with van der Waals surface area (Å²) in [6.07, 6.45) is 2.34. The highest BCUT2D eigenvalue weighted by Gasteiger charge is 2.37. The number of pyridine rings is 1. The SMILES string of the molecule is CC1(C)CC(=O)N(Cc2ccnc(C(N)=S)c2)C(=O)C1. The Kier molecular flexibility index (Phi) is 3.85. The summed E-state index contributed by atoms with van der Waals surface area (Å²) in [6.45, 7) is 4.10. The molecule has 1 aromatic rings. The van der Waals surface area contributed by atoms with Crippen LogP contribution in [0.15, 0.2) is 18.3 Å². The number of carbonyl (C=O) groups excluding carboxylic acids is 2. The number of nitrogens with zero attached hydrogens (tertiary/aromatic N) is 2. The summed E-state index contributed by atoms with van der Waals surface area (Å²) in [4.78, 5) is 29.7. The normalized spacial score (nSPS) is 18.2. The number of imide groups is 1. The van der Waals surface area contributed by atoms with Crippen molar-refractivity contribution >= 4 is 29.0 Å². The fraction of sp³-hybridized carbons (Fsp3) is 0.429. The van der Waals surface area contributed by atoms with Crippen LogP contribution in [0.3, 0.4) is 0 Å². The standard InChI is InChI=1S/C14H17N3O2S/c1-14(2)6-11(18)17(12(19)7-14)8-9-3-4-16-10(5-9)13(15)20/h3-5H,6-8H2,1-2H3,(H2,15,20). The van der Waals surface area contributed by atoms with E-state index in [1.807, 2.05) is 13.8 Å². The van der Waals surface area contributed by atoms with E-state index in [1.54, 1.807) is 18.3 Å². The zero-order valence-electron chi connectivity index (χ0n) is 11.5. The van der Waals surface area contributed by atoms with Gasteiger partial charge < -0.3 is 5.73 Å². The van der Waals surface area contributed by atoms with Crippen LogP contribution in [-0.2, 0) is 16.1 Å². The second kappa shape index (κ2) is 5.28. The fourth-order valence-electron chi connectivity index (χ4n) is 2.28. The zero-order chi connectivity index (χ0) is 14.9. The van der Waals surface area contributed by atoms with E-state index in [0.717, 1.165) is 5.56 Å². The number of aromatic nitrogens is 1. The number of piperidine rings is 1. The van der Waals surface area contributed by atoms with E-state index in [1.165, 1.54) is 4.90 Å². The first-order chi connectivity index (χ1) is 9.28. The summed E-state index contributed by atoms with van der Waals surface area (Å²) in [5, 5.41) is 0. The Balaban J connectivity index is 2.18. The topological polar surface area (TPSA) is 76.3 Å². The highest BCUT2D eigenvalue weighted by molar-refractivity contribution is 7.80. The summed E-state index contributed by atoms with van der Waals surface area (Å²) in [5.41, 5.74) is 6.56. The van der Waals surface area contributed by atoms with E-state index in [0.29, 0.717) is 18.5 Å². The number of likely N-dealkylation sites (tertiary alicyclic amines) is 1. The summed E-state index contributed by atoms with van der Waals surface area (Å²) < 4.78 is 0. The minimum atomic E-state index is -0.257. The first-order valence-electron chi connectivity index (χ1n) is 6.36. The third-order valence-corrected chi connectivity index (χ3v) is 3.49. The minimum Gasteiger partial charge on any atom is -0.388 e. The van der Waals surface area contributed by atoms with Crippen molar-refractivity contribution in [2.24, 2.45) is 11.1 Å². The van der Waals surface area contributed by atoms with Gasteiger partial charge in [-0.3, -0.25) is 19.5 Å². The predicted molar refractivity (Wildman–Crippen MR) is 78.7 cm³/mol. The molecule has 0 unspecified atom stereocenters. The van der Waals surface area contributed by atoms with E-state index in [2.05, 4.69) is 4.98 Å². The number of thiocarbonyl (C=S) groups is 1. The van der Waals surface area contributed by atoms with Gasteiger partial charge >= 0.3 is 0 Å². The lowest BCUT2D eigenvalue weighted by atomic mass is 9.81. The Labute approximate surface area is 123 Å². The molecule has 1 saturated heterocycles. The van der Waals surface area contributed by atoms with Gasteiger partial charge in [0.05, 0.1) is 12.2 Å². The monoisotopic (exact) mass is 291 g/mol. The Bertz CT molecular complexity index is 564. The van der Waals surface area contributed by atoms with Gasteiger partial charge in [0.15, 0.2) is 0 Å². The van der Waals surface area contributed by atoms with Crippen LogP contribution in [0.2, 0.25) is 0 Å². The Morgan fingerprint density at radius 2 is 2.00 bits per heavy atom. The molecule has 2 amide bonds. The zero-order valence-corrected chi connectivity index (χ0v) is 12.4. The fourth-order valence-corrected chi connectivity index (χ4v) is 2.39. The minimum absolute atomic E-state index is 0.139. The van der Waals surface area contributed by atoms with E-state index in [4.69, 9.17) is 18.0 Å². The van der Waals surface area contributed by atoms with Crippen molar-refractivity contribution in [2.45, 2.75) is 33.2 Å². The van der Waals surface area contributed by atoms with Crippen LogP contribution in [-0.4, -0.2) is 26.7 Å². The maximum absolute atomic E-state index is 12.1. The number of amides is 2. The van der Waals surface area contributed by atoms with Gasteiger partial charge in [0.25, 0.3) is 0 Å². The molecular formula is C14H17N3O2S. The number of nitrogens with two attached hydrogens (primary N) is 1. The number of rotatable bonds is 3. The molecular weight excluding hydrogens is 274 g/mol. The molecule has 0 radical (unpaired) electrons. The van der Waals surface area contributed by atoms with Crippen molar-refractivity contribution in [3.8, 4) is 0 Å². The van der Waals surface area contributed by atoms with Crippen molar-refractivity contribution < 1.29 is 9.59 Å². The Morgan fingerprint density at radius 1 is 1.40 bits per heavy atom. The average Bonchev–Trinajstić information content (AvgIpc) is 2.33. The Hall–Kier alpha value is -1.82. The van der Waals surface area contributed by atoms with Crippen LogP contribution >= 0.6 is 12.2 Å². The first kappa shape index (κ1) is 14.6. The van der Waals surface area contributed by atoms with Gasteiger partial charge in [0, 0.05) is 19.0 Å². The summed E-state index contributed by atoms with van der Waals surface area (Å²) >= 11 is 4.87. The third-order valence-electron chi connectivity index (χ3n) is 3.28. The van der Waals surface area contributed by atoms with Gasteiger partial charge in [-0.25, -0.2) is 0 Å². The highest BCUT2D eigenvalue weighted by Crippen LogP contribution is 2.32. The molecule has 106 valence electrons. The van der Waals surface area contributed by atoms with Gasteiger partial charge in [-0.2, -0.15) is 0 Å². The molecule has 2 heterocycles. The molecule has 2 rings (SSSR count). The molecule has 0 bridgehead atoms. The molecule has 0 aromatic carbocycles. The van der Waals surface area contributed by atoms with Gasteiger partial charge in [0.2, 0.25) is 11.8 Å². The van der Waals surface area contributed by atoms with Gasteiger partial charge in [0.1, 0.15) is 4.99 Å². The Morgan fingerprint density at radius 3 is 2.55 bits per heavy atom. The third kappa shape index (κ3) is 3.19. The van der Waals surface area contributed by atoms with E-state index in [-0.39, 0.29) is 28.8 Å². The second-order valence-electron chi connectivity index (χ2n) is 5.80. The summed E-state index contributed by atoms with van der Waals surface area (Å²) in [6, 6.07) is 3.46. The molecule has 1 fully saturated rings. The molecule has 5 nitrogen and oxygen atoms in total. The maximum atomic E-state index is 12.1. The second-order valence-corrected chi connectivity index (χ2v) is 6.24.